The molecule has 0 aliphatic heterocycles. The summed E-state index contributed by atoms with van der Waals surface area (Å²) in [7, 11) is 0. The summed E-state index contributed by atoms with van der Waals surface area (Å²) in [6, 6.07) is 0. The van der Waals surface area contributed by atoms with Gasteiger partial charge in [0.15, 0.2) is 0 Å². The molecule has 10 heavy (non-hydrogen) atoms. The van der Waals surface area contributed by atoms with Crippen LogP contribution in [-0.4, -0.2) is 52.6 Å². The first-order valence-electron chi connectivity index (χ1n) is 3.71. The van der Waals surface area contributed by atoms with Crippen molar-refractivity contribution < 1.29 is 0 Å². The molecule has 0 rings (SSSR count). The maximum atomic E-state index is 3.78. The van der Waals surface area contributed by atoms with Crippen molar-refractivity contribution in [1.29, 1.82) is 0 Å². The molecule has 0 heterocycles. The van der Waals surface area contributed by atoms with Gasteiger partial charge >= 0.3 is 52.6 Å². The van der Waals surface area contributed by atoms with E-state index >= 15 is 0 Å². The average Bonchev–Trinajstić information content (AvgIpc) is 1.81. The molecule has 0 aliphatic rings. The van der Waals surface area contributed by atoms with Crippen LogP contribution in [0.3, 0.4) is 0 Å². The fraction of sp³-hybridized carbons (Fsp3) is 0.875. The fourth-order valence-electron chi connectivity index (χ4n) is 0.780. The Morgan fingerprint density at radius 2 is 1.50 bits per heavy atom. The third kappa shape index (κ3) is 16.4. The van der Waals surface area contributed by atoms with E-state index in [0.29, 0.717) is 0 Å². The molecule has 0 bridgehead atoms. The predicted molar refractivity (Wildman–Crippen MR) is 54.4 cm³/mol. The summed E-state index contributed by atoms with van der Waals surface area (Å²) in [6.07, 6.45) is 7.98. The molecular weight excluding hydrogens is 143 g/mol. The Kier molecular flexibility index (Phi) is 30.2. The van der Waals surface area contributed by atoms with Gasteiger partial charge in [-0.2, -0.15) is 0 Å². The molecule has 0 atom stereocenters. The first kappa shape index (κ1) is 17.7. The molecular formula is C8H20MgNa. The van der Waals surface area contributed by atoms with Gasteiger partial charge in [0.2, 0.25) is 0 Å². The van der Waals surface area contributed by atoms with Crippen molar-refractivity contribution in [3.8, 4) is 0 Å². The van der Waals surface area contributed by atoms with Crippen LogP contribution in [0.5, 0.6) is 0 Å². The van der Waals surface area contributed by atoms with Crippen LogP contribution >= 0.6 is 0 Å². The van der Waals surface area contributed by atoms with Crippen LogP contribution < -0.4 is 0 Å². The van der Waals surface area contributed by atoms with Gasteiger partial charge < -0.3 is 0 Å². The van der Waals surface area contributed by atoms with E-state index in [2.05, 4.69) is 13.8 Å². The second-order valence-corrected chi connectivity index (χ2v) is 2.27. The SMILES string of the molecule is [CH2]CCCCCCC.[MgH2].[NaH]. The Morgan fingerprint density at radius 3 is 1.90 bits per heavy atom. The molecule has 0 nitrogen and oxygen atoms in total. The van der Waals surface area contributed by atoms with Gasteiger partial charge in [-0.15, -0.1) is 0 Å². The summed E-state index contributed by atoms with van der Waals surface area (Å²) >= 11 is 0. The number of unbranched alkanes of at least 4 members (excludes halogenated alkanes) is 5. The molecule has 1 radical (unpaired) electrons. The molecule has 0 aromatic rings. The zero-order chi connectivity index (χ0) is 6.24. The second kappa shape index (κ2) is 17.0. The van der Waals surface area contributed by atoms with Gasteiger partial charge in [-0.05, 0) is 0 Å². The normalized spacial score (nSPS) is 7.80. The van der Waals surface area contributed by atoms with E-state index in [0.717, 1.165) is 6.42 Å². The van der Waals surface area contributed by atoms with E-state index in [1.54, 1.807) is 0 Å². The number of hydrogen-bond acceptors (Lipinski definition) is 0. The minimum atomic E-state index is 0. The van der Waals surface area contributed by atoms with Gasteiger partial charge in [-0.3, -0.25) is 0 Å². The molecule has 0 unspecified atom stereocenters. The van der Waals surface area contributed by atoms with Crippen LogP contribution in [0.2, 0.25) is 0 Å². The quantitative estimate of drug-likeness (QED) is 0.427. The Bertz CT molecular complexity index is 34.2. The van der Waals surface area contributed by atoms with Crippen molar-refractivity contribution in [2.45, 2.75) is 45.4 Å². The molecule has 0 aromatic heterocycles. The van der Waals surface area contributed by atoms with Crippen LogP contribution in [-0.2, 0) is 0 Å². The Hall–Kier alpha value is 1.77. The van der Waals surface area contributed by atoms with Crippen molar-refractivity contribution in [3.63, 3.8) is 0 Å². The van der Waals surface area contributed by atoms with E-state index in [-0.39, 0.29) is 52.6 Å². The van der Waals surface area contributed by atoms with Crippen LogP contribution in [0.1, 0.15) is 45.4 Å². The topological polar surface area (TPSA) is 0 Å². The van der Waals surface area contributed by atoms with Gasteiger partial charge in [0, 0.05) is 0 Å². The third-order valence-electron chi connectivity index (χ3n) is 1.35. The van der Waals surface area contributed by atoms with Crippen molar-refractivity contribution in [2.75, 3.05) is 0 Å². The van der Waals surface area contributed by atoms with Gasteiger partial charge in [-0.25, -0.2) is 0 Å². The van der Waals surface area contributed by atoms with E-state index in [1.807, 2.05) is 0 Å². The van der Waals surface area contributed by atoms with Crippen LogP contribution in [0.4, 0.5) is 0 Å². The van der Waals surface area contributed by atoms with Crippen molar-refractivity contribution >= 4 is 52.6 Å². The molecule has 2 heteroatoms. The molecule has 0 saturated carbocycles. The molecule has 0 aliphatic carbocycles. The fourth-order valence-corrected chi connectivity index (χ4v) is 0.780. The van der Waals surface area contributed by atoms with Crippen LogP contribution in [0.15, 0.2) is 0 Å². The average molecular weight is 164 g/mol. The van der Waals surface area contributed by atoms with Crippen molar-refractivity contribution in [2.24, 2.45) is 0 Å². The molecule has 0 spiro atoms. The van der Waals surface area contributed by atoms with Gasteiger partial charge in [0.05, 0.1) is 0 Å². The third-order valence-corrected chi connectivity index (χ3v) is 1.35. The Labute approximate surface area is 104 Å². The molecule has 0 saturated heterocycles. The number of rotatable bonds is 5. The van der Waals surface area contributed by atoms with Crippen LogP contribution in [0, 0.1) is 6.92 Å². The maximum absolute atomic E-state index is 3.78. The van der Waals surface area contributed by atoms with Crippen LogP contribution in [0.25, 0.3) is 0 Å². The number of hydrogen-bond donors (Lipinski definition) is 0. The molecule has 0 amide bonds. The first-order valence-corrected chi connectivity index (χ1v) is 3.71. The zero-order valence-electron chi connectivity index (χ0n) is 5.95. The van der Waals surface area contributed by atoms with Gasteiger partial charge in [-0.1, -0.05) is 52.4 Å². The molecule has 0 aromatic carbocycles. The summed E-state index contributed by atoms with van der Waals surface area (Å²) in [5.74, 6) is 0. The van der Waals surface area contributed by atoms with Gasteiger partial charge in [0.1, 0.15) is 0 Å². The summed E-state index contributed by atoms with van der Waals surface area (Å²) < 4.78 is 0. The van der Waals surface area contributed by atoms with E-state index in [9.17, 15) is 0 Å². The minimum absolute atomic E-state index is 0. The summed E-state index contributed by atoms with van der Waals surface area (Å²) in [5, 5.41) is 0. The van der Waals surface area contributed by atoms with E-state index < -0.39 is 0 Å². The van der Waals surface area contributed by atoms with Crippen molar-refractivity contribution in [3.05, 3.63) is 6.92 Å². The Morgan fingerprint density at radius 1 is 1.00 bits per heavy atom. The molecule has 0 N–H and O–H groups in total. The Balaban J connectivity index is -0.000000245. The summed E-state index contributed by atoms with van der Waals surface area (Å²) in [6.45, 7) is 6.02. The first-order chi connectivity index (χ1) is 3.91. The van der Waals surface area contributed by atoms with E-state index in [1.165, 1.54) is 32.1 Å². The zero-order valence-corrected chi connectivity index (χ0v) is 5.95. The summed E-state index contributed by atoms with van der Waals surface area (Å²) in [5.41, 5.74) is 0. The predicted octanol–water partition coefficient (Wildman–Crippen LogP) is 1.62. The molecule has 0 fully saturated rings. The second-order valence-electron chi connectivity index (χ2n) is 2.27. The monoisotopic (exact) mass is 163 g/mol. The van der Waals surface area contributed by atoms with Gasteiger partial charge in [0.25, 0.3) is 0 Å². The summed E-state index contributed by atoms with van der Waals surface area (Å²) in [4.78, 5) is 0. The standard InChI is InChI=1S/C8H17.Mg.Na.3H/c1-3-5-7-8-6-4-2;;;;;/h1,3-8H2,2H3;;;;;. The molecule has 55 valence electrons. The van der Waals surface area contributed by atoms with E-state index in [4.69, 9.17) is 0 Å². The van der Waals surface area contributed by atoms with Crippen molar-refractivity contribution in [1.82, 2.24) is 0 Å².